The molecule has 0 saturated carbocycles. The van der Waals surface area contributed by atoms with Crippen molar-refractivity contribution in [2.45, 2.75) is 19.1 Å². The van der Waals surface area contributed by atoms with E-state index in [0.717, 1.165) is 0 Å². The number of fused-ring (bicyclic) bond motifs is 1. The highest BCUT2D eigenvalue weighted by atomic mass is 16.5. The number of hydrogen-bond acceptors (Lipinski definition) is 5. The van der Waals surface area contributed by atoms with Crippen molar-refractivity contribution in [3.05, 3.63) is 24.0 Å². The molecular formula is C13H17N3O3. The molecule has 2 fully saturated rings. The van der Waals surface area contributed by atoms with Gasteiger partial charge in [-0.05, 0) is 13.0 Å². The van der Waals surface area contributed by atoms with Gasteiger partial charge in [0.2, 0.25) is 0 Å². The fourth-order valence-electron chi connectivity index (χ4n) is 2.91. The van der Waals surface area contributed by atoms with E-state index in [2.05, 4.69) is 10.2 Å². The third-order valence-corrected chi connectivity index (χ3v) is 3.82. The van der Waals surface area contributed by atoms with Crippen LogP contribution in [0.4, 0.5) is 0 Å². The molecule has 0 unspecified atom stereocenters. The summed E-state index contributed by atoms with van der Waals surface area (Å²) in [5, 5.41) is 7.45. The summed E-state index contributed by atoms with van der Waals surface area (Å²) >= 11 is 0. The first kappa shape index (κ1) is 12.5. The highest BCUT2D eigenvalue weighted by Crippen LogP contribution is 2.32. The van der Waals surface area contributed by atoms with Crippen LogP contribution in [0.25, 0.3) is 0 Å². The first-order chi connectivity index (χ1) is 9.31. The maximum atomic E-state index is 12.5. The monoisotopic (exact) mass is 263 g/mol. The fourth-order valence-corrected chi connectivity index (χ4v) is 2.91. The summed E-state index contributed by atoms with van der Waals surface area (Å²) in [5.74, 6) is 0.274. The molecule has 102 valence electrons. The Morgan fingerprint density at radius 3 is 3.16 bits per heavy atom. The number of hydrogen-bond donors (Lipinski definition) is 0. The van der Waals surface area contributed by atoms with Crippen LogP contribution in [0.2, 0.25) is 0 Å². The Kier molecular flexibility index (Phi) is 3.44. The Morgan fingerprint density at radius 1 is 1.53 bits per heavy atom. The van der Waals surface area contributed by atoms with Gasteiger partial charge in [-0.2, -0.15) is 10.2 Å². The largest absolute Gasteiger partial charge is 0.379 e. The molecule has 1 aromatic heterocycles. The molecule has 3 atom stereocenters. The van der Waals surface area contributed by atoms with Gasteiger partial charge in [-0.3, -0.25) is 4.79 Å². The minimum atomic E-state index is -0.0161. The van der Waals surface area contributed by atoms with Crippen LogP contribution in [-0.2, 0) is 9.47 Å². The van der Waals surface area contributed by atoms with Crippen molar-refractivity contribution in [1.29, 1.82) is 0 Å². The maximum Gasteiger partial charge on any atom is 0.255 e. The third-order valence-electron chi connectivity index (χ3n) is 3.82. The van der Waals surface area contributed by atoms with Gasteiger partial charge >= 0.3 is 0 Å². The molecule has 6 nitrogen and oxygen atoms in total. The molecule has 0 radical (unpaired) electrons. The summed E-state index contributed by atoms with van der Waals surface area (Å²) in [6.45, 7) is 4.54. The fraction of sp³-hybridized carbons (Fsp3) is 0.615. The third kappa shape index (κ3) is 2.21. The predicted molar refractivity (Wildman–Crippen MR) is 66.6 cm³/mol. The van der Waals surface area contributed by atoms with E-state index in [1.54, 1.807) is 6.07 Å². The Hall–Kier alpha value is -1.53. The molecule has 0 aromatic carbocycles. The molecular weight excluding hydrogens is 246 g/mol. The second-order valence-corrected chi connectivity index (χ2v) is 4.85. The summed E-state index contributed by atoms with van der Waals surface area (Å²) in [5.41, 5.74) is 0.567. The van der Waals surface area contributed by atoms with Gasteiger partial charge in [-0.1, -0.05) is 0 Å². The van der Waals surface area contributed by atoms with Gasteiger partial charge in [0, 0.05) is 19.1 Å². The minimum Gasteiger partial charge on any atom is -0.379 e. The molecule has 0 spiro atoms. The highest BCUT2D eigenvalue weighted by molar-refractivity contribution is 5.94. The standard InChI is InChI=1S/C13H17N3O3/c1-2-19-12-6-16(11-8-18-7-10(11)12)13(17)9-3-4-14-15-5-9/h3-5,10-12H,2,6-8H2,1H3/t10-,11+,12-/m0/s1. The molecule has 1 amide bonds. The lowest BCUT2D eigenvalue weighted by Crippen LogP contribution is -2.38. The predicted octanol–water partition coefficient (Wildman–Crippen LogP) is 0.352. The second kappa shape index (κ2) is 5.22. The average molecular weight is 263 g/mol. The number of likely N-dealkylation sites (tertiary alicyclic amines) is 1. The van der Waals surface area contributed by atoms with Crippen LogP contribution < -0.4 is 0 Å². The van der Waals surface area contributed by atoms with Crippen LogP contribution in [-0.4, -0.2) is 59.5 Å². The van der Waals surface area contributed by atoms with Gasteiger partial charge in [0.1, 0.15) is 0 Å². The minimum absolute atomic E-state index is 0.0161. The zero-order chi connectivity index (χ0) is 13.2. The Labute approximate surface area is 111 Å². The number of ether oxygens (including phenoxy) is 2. The van der Waals surface area contributed by atoms with E-state index in [9.17, 15) is 4.79 Å². The highest BCUT2D eigenvalue weighted by Gasteiger charge is 2.47. The van der Waals surface area contributed by atoms with Crippen LogP contribution in [0, 0.1) is 5.92 Å². The van der Waals surface area contributed by atoms with E-state index in [4.69, 9.17) is 9.47 Å². The molecule has 6 heteroatoms. The first-order valence-electron chi connectivity index (χ1n) is 6.58. The number of amides is 1. The summed E-state index contributed by atoms with van der Waals surface area (Å²) in [6, 6.07) is 1.81. The molecule has 1 aromatic rings. The molecule has 19 heavy (non-hydrogen) atoms. The Balaban J connectivity index is 1.79. The van der Waals surface area contributed by atoms with Gasteiger partial charge in [0.25, 0.3) is 5.91 Å². The number of rotatable bonds is 3. The van der Waals surface area contributed by atoms with Crippen molar-refractivity contribution >= 4 is 5.91 Å². The van der Waals surface area contributed by atoms with Gasteiger partial charge in [-0.25, -0.2) is 0 Å². The average Bonchev–Trinajstić information content (AvgIpc) is 3.03. The van der Waals surface area contributed by atoms with E-state index in [1.807, 2.05) is 11.8 Å². The van der Waals surface area contributed by atoms with Crippen molar-refractivity contribution in [3.8, 4) is 0 Å². The molecule has 2 saturated heterocycles. The first-order valence-corrected chi connectivity index (χ1v) is 6.58. The molecule has 3 rings (SSSR count). The van der Waals surface area contributed by atoms with Crippen molar-refractivity contribution in [2.75, 3.05) is 26.4 Å². The van der Waals surface area contributed by atoms with Gasteiger partial charge in [0.15, 0.2) is 0 Å². The molecule has 0 N–H and O–H groups in total. The van der Waals surface area contributed by atoms with Crippen molar-refractivity contribution in [2.24, 2.45) is 5.92 Å². The lowest BCUT2D eigenvalue weighted by molar-refractivity contribution is 0.0257. The van der Waals surface area contributed by atoms with E-state index in [-0.39, 0.29) is 18.1 Å². The number of carbonyl (C=O) groups excluding carboxylic acids is 1. The topological polar surface area (TPSA) is 64.5 Å². The molecule has 0 bridgehead atoms. The van der Waals surface area contributed by atoms with E-state index in [1.165, 1.54) is 12.4 Å². The SMILES string of the molecule is CCO[C@H]1CN(C(=O)c2ccnnc2)[C@@H]2COC[C@H]12. The molecule has 3 heterocycles. The van der Waals surface area contributed by atoms with Gasteiger partial charge < -0.3 is 14.4 Å². The lowest BCUT2D eigenvalue weighted by atomic mass is 10.0. The van der Waals surface area contributed by atoms with Crippen LogP contribution in [0.3, 0.4) is 0 Å². The van der Waals surface area contributed by atoms with E-state index >= 15 is 0 Å². The summed E-state index contributed by atoms with van der Waals surface area (Å²) < 4.78 is 11.2. The lowest BCUT2D eigenvalue weighted by Gasteiger charge is -2.22. The second-order valence-electron chi connectivity index (χ2n) is 4.85. The summed E-state index contributed by atoms with van der Waals surface area (Å²) in [7, 11) is 0. The zero-order valence-electron chi connectivity index (χ0n) is 10.9. The maximum absolute atomic E-state index is 12.5. The summed E-state index contributed by atoms with van der Waals surface area (Å²) in [6.07, 6.45) is 3.11. The Morgan fingerprint density at radius 2 is 2.42 bits per heavy atom. The van der Waals surface area contributed by atoms with Crippen LogP contribution in [0.5, 0.6) is 0 Å². The molecule has 2 aliphatic rings. The number of carbonyl (C=O) groups is 1. The number of aromatic nitrogens is 2. The van der Waals surface area contributed by atoms with E-state index < -0.39 is 0 Å². The van der Waals surface area contributed by atoms with Crippen LogP contribution in [0.15, 0.2) is 18.5 Å². The summed E-state index contributed by atoms with van der Waals surface area (Å²) in [4.78, 5) is 14.3. The Bertz CT molecular complexity index is 454. The smallest absolute Gasteiger partial charge is 0.255 e. The van der Waals surface area contributed by atoms with Crippen LogP contribution >= 0.6 is 0 Å². The van der Waals surface area contributed by atoms with E-state index in [0.29, 0.717) is 37.8 Å². The van der Waals surface area contributed by atoms with Gasteiger partial charge in [-0.15, -0.1) is 0 Å². The van der Waals surface area contributed by atoms with Gasteiger partial charge in [0.05, 0.1) is 43.3 Å². The van der Waals surface area contributed by atoms with Crippen molar-refractivity contribution in [3.63, 3.8) is 0 Å². The zero-order valence-corrected chi connectivity index (χ0v) is 10.9. The van der Waals surface area contributed by atoms with Crippen molar-refractivity contribution < 1.29 is 14.3 Å². The molecule has 0 aliphatic carbocycles. The normalized spacial score (nSPS) is 29.5. The van der Waals surface area contributed by atoms with Crippen LogP contribution in [0.1, 0.15) is 17.3 Å². The quantitative estimate of drug-likeness (QED) is 0.787. The number of nitrogens with zero attached hydrogens (tertiary/aromatic N) is 3. The molecule has 2 aliphatic heterocycles. The van der Waals surface area contributed by atoms with Crippen molar-refractivity contribution in [1.82, 2.24) is 15.1 Å².